The van der Waals surface area contributed by atoms with Gasteiger partial charge in [-0.25, -0.2) is 4.79 Å². The largest absolute Gasteiger partial charge is 0.497 e. The number of aryl methyl sites for hydroxylation is 1. The molecule has 0 aliphatic rings. The van der Waals surface area contributed by atoms with Crippen molar-refractivity contribution < 1.29 is 23.9 Å². The van der Waals surface area contributed by atoms with Gasteiger partial charge in [-0.15, -0.1) is 0 Å². The average molecular weight is 571 g/mol. The number of benzene rings is 3. The number of anilines is 1. The van der Waals surface area contributed by atoms with E-state index in [0.717, 1.165) is 17.5 Å². The topological polar surface area (TPSA) is 121 Å². The summed E-state index contributed by atoms with van der Waals surface area (Å²) in [4.78, 5) is 42.1. The van der Waals surface area contributed by atoms with Gasteiger partial charge in [-0.1, -0.05) is 61.5 Å². The molecule has 0 aliphatic heterocycles. The van der Waals surface area contributed by atoms with Crippen LogP contribution >= 0.6 is 0 Å². The van der Waals surface area contributed by atoms with Crippen LogP contribution in [-0.2, 0) is 27.2 Å². The minimum absolute atomic E-state index is 0.127. The highest BCUT2D eigenvalue weighted by atomic mass is 16.6. The maximum Gasteiger partial charge on any atom is 0.408 e. The first-order valence-corrected chi connectivity index (χ1v) is 13.8. The van der Waals surface area contributed by atoms with E-state index < -0.39 is 42.1 Å². The van der Waals surface area contributed by atoms with Gasteiger partial charge in [0.1, 0.15) is 30.0 Å². The number of nitrogens with zero attached hydrogens (tertiary/aromatic N) is 2. The van der Waals surface area contributed by atoms with Gasteiger partial charge in [-0.2, -0.15) is 5.26 Å². The van der Waals surface area contributed by atoms with E-state index in [1.807, 2.05) is 55.5 Å². The third kappa shape index (κ3) is 9.10. The van der Waals surface area contributed by atoms with Crippen molar-refractivity contribution in [2.45, 2.75) is 58.2 Å². The molecule has 3 rings (SSSR count). The van der Waals surface area contributed by atoms with E-state index in [4.69, 9.17) is 9.47 Å². The van der Waals surface area contributed by atoms with E-state index in [2.05, 4.69) is 10.6 Å². The number of nitriles is 1. The Morgan fingerprint density at radius 2 is 1.57 bits per heavy atom. The molecule has 0 bridgehead atoms. The number of ether oxygens (including phenoxy) is 2. The Labute approximate surface area is 247 Å². The van der Waals surface area contributed by atoms with E-state index in [1.54, 1.807) is 64.3 Å². The van der Waals surface area contributed by atoms with Crippen LogP contribution in [0.2, 0.25) is 0 Å². The quantitative estimate of drug-likeness (QED) is 0.297. The lowest BCUT2D eigenvalue weighted by Gasteiger charge is -2.33. The second kappa shape index (κ2) is 14.7. The Morgan fingerprint density at radius 3 is 2.12 bits per heavy atom. The molecule has 0 saturated heterocycles. The SMILES string of the molecule is CCc1ccc(C(C(=O)Nc2ccc(OC)cc2)N(CC#N)C(=O)C(Cc2ccccc2)NC(=O)OC(C)(C)C)cc1. The van der Waals surface area contributed by atoms with Crippen LogP contribution in [0.15, 0.2) is 78.9 Å². The lowest BCUT2D eigenvalue weighted by atomic mass is 9.99. The van der Waals surface area contributed by atoms with Gasteiger partial charge < -0.3 is 25.0 Å². The predicted octanol–water partition coefficient (Wildman–Crippen LogP) is 5.43. The summed E-state index contributed by atoms with van der Waals surface area (Å²) >= 11 is 0. The number of hydrogen-bond acceptors (Lipinski definition) is 6. The van der Waals surface area contributed by atoms with E-state index >= 15 is 0 Å². The molecule has 0 spiro atoms. The highest BCUT2D eigenvalue weighted by Crippen LogP contribution is 2.26. The molecule has 9 nitrogen and oxygen atoms in total. The van der Waals surface area contributed by atoms with Gasteiger partial charge in [-0.05, 0) is 68.1 Å². The first-order chi connectivity index (χ1) is 20.0. The van der Waals surface area contributed by atoms with Gasteiger partial charge in [0.05, 0.1) is 13.2 Å². The second-order valence-electron chi connectivity index (χ2n) is 10.7. The molecule has 3 aromatic rings. The number of amides is 3. The predicted molar refractivity (Wildman–Crippen MR) is 161 cm³/mol. The van der Waals surface area contributed by atoms with Gasteiger partial charge in [0.15, 0.2) is 0 Å². The van der Waals surface area contributed by atoms with Crippen LogP contribution < -0.4 is 15.4 Å². The Bertz CT molecular complexity index is 1380. The first-order valence-electron chi connectivity index (χ1n) is 13.8. The van der Waals surface area contributed by atoms with Crippen molar-refractivity contribution in [3.63, 3.8) is 0 Å². The Balaban J connectivity index is 2.03. The number of methoxy groups -OCH3 is 1. The summed E-state index contributed by atoms with van der Waals surface area (Å²) in [6.45, 7) is 6.80. The van der Waals surface area contributed by atoms with Gasteiger partial charge in [0, 0.05) is 12.1 Å². The van der Waals surface area contributed by atoms with E-state index in [0.29, 0.717) is 17.0 Å². The highest BCUT2D eigenvalue weighted by molar-refractivity contribution is 5.99. The summed E-state index contributed by atoms with van der Waals surface area (Å²) < 4.78 is 10.6. The minimum Gasteiger partial charge on any atom is -0.497 e. The Kier molecular flexibility index (Phi) is 11.1. The number of rotatable bonds is 11. The number of alkyl carbamates (subject to hydrolysis) is 1. The zero-order valence-corrected chi connectivity index (χ0v) is 24.7. The first kappa shape index (κ1) is 31.7. The zero-order chi connectivity index (χ0) is 30.7. The van der Waals surface area contributed by atoms with Crippen molar-refractivity contribution in [2.24, 2.45) is 0 Å². The van der Waals surface area contributed by atoms with E-state index in [-0.39, 0.29) is 6.42 Å². The van der Waals surface area contributed by atoms with Crippen molar-refractivity contribution in [1.82, 2.24) is 10.2 Å². The van der Waals surface area contributed by atoms with E-state index in [1.165, 1.54) is 4.90 Å². The number of carbonyl (C=O) groups excluding carboxylic acids is 3. The minimum atomic E-state index is -1.16. The number of carbonyl (C=O) groups is 3. The molecule has 0 aromatic heterocycles. The molecule has 0 heterocycles. The second-order valence-corrected chi connectivity index (χ2v) is 10.7. The van der Waals surface area contributed by atoms with E-state index in [9.17, 15) is 19.6 Å². The van der Waals surface area contributed by atoms with Crippen molar-refractivity contribution in [3.05, 3.63) is 95.6 Å². The molecule has 3 amide bonds. The maximum absolute atomic E-state index is 14.2. The number of hydrogen-bond donors (Lipinski definition) is 2. The monoisotopic (exact) mass is 570 g/mol. The van der Waals surface area contributed by atoms with Crippen molar-refractivity contribution >= 4 is 23.6 Å². The normalized spacial score (nSPS) is 12.3. The fraction of sp³-hybridized carbons (Fsp3) is 0.333. The Morgan fingerprint density at radius 1 is 0.929 bits per heavy atom. The van der Waals surface area contributed by atoms with Crippen molar-refractivity contribution in [3.8, 4) is 11.8 Å². The number of nitrogens with one attached hydrogen (secondary N) is 2. The summed E-state index contributed by atoms with van der Waals surface area (Å²) in [6.07, 6.45) is 0.144. The van der Waals surface area contributed by atoms with Crippen LogP contribution in [-0.4, -0.2) is 48.1 Å². The van der Waals surface area contributed by atoms with Crippen LogP contribution in [0.25, 0.3) is 0 Å². The van der Waals surface area contributed by atoms with Crippen molar-refractivity contribution in [2.75, 3.05) is 19.0 Å². The zero-order valence-electron chi connectivity index (χ0n) is 24.7. The molecule has 220 valence electrons. The fourth-order valence-corrected chi connectivity index (χ4v) is 4.37. The van der Waals surface area contributed by atoms with Crippen LogP contribution in [0.3, 0.4) is 0 Å². The molecule has 2 N–H and O–H groups in total. The third-order valence-corrected chi connectivity index (χ3v) is 6.42. The highest BCUT2D eigenvalue weighted by Gasteiger charge is 2.36. The molecule has 0 fully saturated rings. The molecule has 0 radical (unpaired) electrons. The fourth-order valence-electron chi connectivity index (χ4n) is 4.37. The van der Waals surface area contributed by atoms with Crippen LogP contribution in [0.1, 0.15) is 50.4 Å². The van der Waals surface area contributed by atoms with Gasteiger partial charge in [0.2, 0.25) is 5.91 Å². The van der Waals surface area contributed by atoms with Gasteiger partial charge in [-0.3, -0.25) is 9.59 Å². The molecule has 0 aliphatic carbocycles. The summed E-state index contributed by atoms with van der Waals surface area (Å²) in [7, 11) is 1.55. The van der Waals surface area contributed by atoms with Crippen molar-refractivity contribution in [1.29, 1.82) is 5.26 Å². The standard InChI is InChI=1S/C33H38N4O5/c1-6-23-12-14-25(15-13-23)29(30(38)35-26-16-18-27(41-5)19-17-26)37(21-20-34)31(39)28(22-24-10-8-7-9-11-24)36-32(40)42-33(2,3)4/h7-19,28-29H,6,21-22H2,1-5H3,(H,35,38)(H,36,40). The summed E-state index contributed by atoms with van der Waals surface area (Å²) in [5.41, 5.74) is 2.07. The maximum atomic E-state index is 14.2. The molecule has 9 heteroatoms. The third-order valence-electron chi connectivity index (χ3n) is 6.42. The molecular weight excluding hydrogens is 532 g/mol. The lowest BCUT2D eigenvalue weighted by Crippen LogP contribution is -2.53. The molecule has 3 aromatic carbocycles. The molecule has 2 atom stereocenters. The van der Waals surface area contributed by atoms with Crippen LogP contribution in [0.5, 0.6) is 5.75 Å². The smallest absolute Gasteiger partial charge is 0.408 e. The summed E-state index contributed by atoms with van der Waals surface area (Å²) in [5, 5.41) is 15.3. The lowest BCUT2D eigenvalue weighted by molar-refractivity contribution is -0.140. The van der Waals surface area contributed by atoms with Crippen LogP contribution in [0, 0.1) is 11.3 Å². The van der Waals surface area contributed by atoms with Gasteiger partial charge >= 0.3 is 6.09 Å². The average Bonchev–Trinajstić information content (AvgIpc) is 2.96. The molecule has 42 heavy (non-hydrogen) atoms. The molecule has 0 saturated carbocycles. The molecule has 2 unspecified atom stereocenters. The summed E-state index contributed by atoms with van der Waals surface area (Å²) in [6, 6.07) is 23.1. The molecular formula is C33H38N4O5. The Hall–Kier alpha value is -4.84. The summed E-state index contributed by atoms with van der Waals surface area (Å²) in [5.74, 6) is -0.484. The van der Waals surface area contributed by atoms with Crippen LogP contribution in [0.4, 0.5) is 10.5 Å². The van der Waals surface area contributed by atoms with Gasteiger partial charge in [0.25, 0.3) is 5.91 Å².